The molecule has 1 aromatic heterocycles. The highest BCUT2D eigenvalue weighted by Gasteiger charge is 1.96. The average molecular weight is 125 g/mol. The van der Waals surface area contributed by atoms with Crippen LogP contribution < -0.4 is 0 Å². The quantitative estimate of drug-likeness (QED) is 0.572. The molecule has 0 spiro atoms. The van der Waals surface area contributed by atoms with Crippen LogP contribution in [0.1, 0.15) is 13.8 Å². The van der Waals surface area contributed by atoms with E-state index >= 15 is 0 Å². The van der Waals surface area contributed by atoms with Crippen LogP contribution in [-0.4, -0.2) is 20.2 Å². The summed E-state index contributed by atoms with van der Waals surface area (Å²) >= 11 is 0. The Kier molecular flexibility index (Phi) is 1.77. The van der Waals surface area contributed by atoms with E-state index in [2.05, 4.69) is 29.3 Å². The van der Waals surface area contributed by atoms with Crippen LogP contribution in [0.4, 0.5) is 0 Å². The zero-order valence-electron chi connectivity index (χ0n) is 5.52. The molecule has 0 aliphatic heterocycles. The Morgan fingerprint density at radius 3 is 2.78 bits per heavy atom. The van der Waals surface area contributed by atoms with Crippen LogP contribution in [0.5, 0.6) is 0 Å². The summed E-state index contributed by atoms with van der Waals surface area (Å²) in [6.07, 6.45) is 1.42. The molecule has 4 heteroatoms. The monoisotopic (exact) mass is 125 g/mol. The Labute approximate surface area is 53.9 Å². The molecule has 0 aliphatic carbocycles. The number of hydrogen-bond donors (Lipinski definition) is 0. The van der Waals surface area contributed by atoms with Gasteiger partial charge in [0.1, 0.15) is 6.54 Å². The highest BCUT2D eigenvalue weighted by atomic mass is 15.6. The predicted octanol–water partition coefficient (Wildman–Crippen LogP) is 0.339. The molecular formula is C5H9N4. The highest BCUT2D eigenvalue weighted by molar-refractivity contribution is 4.64. The Morgan fingerprint density at radius 2 is 2.33 bits per heavy atom. The minimum absolute atomic E-state index is 0.458. The predicted molar refractivity (Wildman–Crippen MR) is 32.4 cm³/mol. The molecule has 0 unspecified atom stereocenters. The van der Waals surface area contributed by atoms with Gasteiger partial charge in [0.2, 0.25) is 0 Å². The fraction of sp³-hybridized carbons (Fsp3) is 0.600. The van der Waals surface area contributed by atoms with Crippen molar-refractivity contribution in [3.63, 3.8) is 0 Å². The summed E-state index contributed by atoms with van der Waals surface area (Å²) in [4.78, 5) is 1.46. The van der Waals surface area contributed by atoms with E-state index < -0.39 is 0 Å². The van der Waals surface area contributed by atoms with E-state index in [1.807, 2.05) is 6.54 Å². The molecular weight excluding hydrogens is 116 g/mol. The first-order chi connectivity index (χ1) is 4.29. The van der Waals surface area contributed by atoms with Crippen molar-refractivity contribution in [3.8, 4) is 0 Å². The topological polar surface area (TPSA) is 43.6 Å². The van der Waals surface area contributed by atoms with Crippen molar-refractivity contribution in [2.24, 2.45) is 5.92 Å². The summed E-state index contributed by atoms with van der Waals surface area (Å²) in [6, 6.07) is 0. The molecule has 0 saturated heterocycles. The van der Waals surface area contributed by atoms with E-state index in [0.29, 0.717) is 5.92 Å². The second kappa shape index (κ2) is 2.57. The molecule has 4 nitrogen and oxygen atoms in total. The average Bonchev–Trinajstić information content (AvgIpc) is 2.15. The first-order valence-corrected chi connectivity index (χ1v) is 2.86. The van der Waals surface area contributed by atoms with Crippen LogP contribution >= 0.6 is 0 Å². The third-order valence-electron chi connectivity index (χ3n) is 0.796. The van der Waals surface area contributed by atoms with Gasteiger partial charge in [-0.1, -0.05) is 13.8 Å². The van der Waals surface area contributed by atoms with Gasteiger partial charge in [-0.05, 0) is 11.1 Å². The number of hydrogen-bond acceptors (Lipinski definition) is 3. The molecule has 1 radical (unpaired) electrons. The number of rotatable bonds is 2. The summed E-state index contributed by atoms with van der Waals surface area (Å²) in [6.45, 7) is 6.00. The maximum atomic E-state index is 3.80. The molecule has 1 aromatic rings. The van der Waals surface area contributed by atoms with E-state index in [4.69, 9.17) is 0 Å². The van der Waals surface area contributed by atoms with Gasteiger partial charge in [-0.25, -0.2) is 0 Å². The number of nitrogens with zero attached hydrogens (tertiary/aromatic N) is 4. The third-order valence-corrected chi connectivity index (χ3v) is 0.796. The lowest BCUT2D eigenvalue weighted by Gasteiger charge is -1.98. The Bertz CT molecular complexity index is 155. The fourth-order valence-electron chi connectivity index (χ4n) is 0.510. The normalized spacial score (nSPS) is 10.6. The molecule has 0 aliphatic rings. The first kappa shape index (κ1) is 6.19. The maximum Gasteiger partial charge on any atom is 0.162 e. The van der Waals surface area contributed by atoms with Gasteiger partial charge in [0.15, 0.2) is 6.33 Å². The Balaban J connectivity index is 2.48. The summed E-state index contributed by atoms with van der Waals surface area (Å²) in [5.74, 6) is 0.458. The molecule has 1 heterocycles. The van der Waals surface area contributed by atoms with Crippen molar-refractivity contribution in [1.82, 2.24) is 20.2 Å². The van der Waals surface area contributed by atoms with Gasteiger partial charge in [0, 0.05) is 0 Å². The van der Waals surface area contributed by atoms with E-state index in [-0.39, 0.29) is 0 Å². The van der Waals surface area contributed by atoms with Crippen molar-refractivity contribution >= 4 is 0 Å². The van der Waals surface area contributed by atoms with Gasteiger partial charge in [0.05, 0.1) is 0 Å². The van der Waals surface area contributed by atoms with E-state index in [1.54, 1.807) is 0 Å². The molecule has 9 heavy (non-hydrogen) atoms. The summed E-state index contributed by atoms with van der Waals surface area (Å²) in [5.41, 5.74) is 0. The lowest BCUT2D eigenvalue weighted by molar-refractivity contribution is 0.567. The highest BCUT2D eigenvalue weighted by Crippen LogP contribution is 1.95. The molecule has 0 atom stereocenters. The smallest absolute Gasteiger partial charge is 0.159 e. The molecule has 1 rings (SSSR count). The Morgan fingerprint density at radius 1 is 1.56 bits per heavy atom. The van der Waals surface area contributed by atoms with Crippen molar-refractivity contribution in [3.05, 3.63) is 12.9 Å². The number of tetrazole rings is 1. The van der Waals surface area contributed by atoms with Gasteiger partial charge < -0.3 is 0 Å². The van der Waals surface area contributed by atoms with E-state index in [9.17, 15) is 0 Å². The van der Waals surface area contributed by atoms with Crippen molar-refractivity contribution < 1.29 is 0 Å². The van der Waals surface area contributed by atoms with Gasteiger partial charge in [-0.2, -0.15) is 4.80 Å². The van der Waals surface area contributed by atoms with E-state index in [1.165, 1.54) is 11.1 Å². The zero-order chi connectivity index (χ0) is 6.69. The first-order valence-electron chi connectivity index (χ1n) is 2.86. The third kappa shape index (κ3) is 1.79. The second-order valence-corrected chi connectivity index (χ2v) is 2.15. The largest absolute Gasteiger partial charge is 0.162 e. The Hall–Kier alpha value is -0.930. The molecule has 0 amide bonds. The van der Waals surface area contributed by atoms with Crippen molar-refractivity contribution in [2.75, 3.05) is 0 Å². The lowest BCUT2D eigenvalue weighted by atomic mass is 10.2. The van der Waals surface area contributed by atoms with Crippen LogP contribution in [0.25, 0.3) is 0 Å². The van der Waals surface area contributed by atoms with Crippen LogP contribution in [0, 0.1) is 12.5 Å². The molecule has 0 N–H and O–H groups in total. The molecule has 49 valence electrons. The minimum Gasteiger partial charge on any atom is -0.159 e. The van der Waals surface area contributed by atoms with Gasteiger partial charge in [0.25, 0.3) is 0 Å². The standard InChI is InChI=1S/C5H9N4/c1-5(2)3-9-7-4-6-8-9/h3-5H,1-2H3. The fourth-order valence-corrected chi connectivity index (χ4v) is 0.510. The second-order valence-electron chi connectivity index (χ2n) is 2.15. The van der Waals surface area contributed by atoms with Crippen molar-refractivity contribution in [1.29, 1.82) is 0 Å². The summed E-state index contributed by atoms with van der Waals surface area (Å²) in [7, 11) is 0. The van der Waals surface area contributed by atoms with Crippen LogP contribution in [0.2, 0.25) is 0 Å². The molecule has 0 aromatic carbocycles. The summed E-state index contributed by atoms with van der Waals surface area (Å²) in [5, 5.41) is 11.0. The molecule has 0 bridgehead atoms. The van der Waals surface area contributed by atoms with E-state index in [0.717, 1.165) is 0 Å². The molecule has 0 saturated carbocycles. The number of aromatic nitrogens is 4. The SMILES string of the molecule is CC(C)[CH]n1ncnn1. The van der Waals surface area contributed by atoms with Crippen LogP contribution in [0.3, 0.4) is 0 Å². The zero-order valence-corrected chi connectivity index (χ0v) is 5.52. The summed E-state index contributed by atoms with van der Waals surface area (Å²) < 4.78 is 0. The molecule has 0 fully saturated rings. The lowest BCUT2D eigenvalue weighted by Crippen LogP contribution is -2.04. The van der Waals surface area contributed by atoms with Crippen LogP contribution in [-0.2, 0) is 0 Å². The van der Waals surface area contributed by atoms with Crippen LogP contribution in [0.15, 0.2) is 6.33 Å². The van der Waals surface area contributed by atoms with Gasteiger partial charge in [-0.3, -0.25) is 0 Å². The van der Waals surface area contributed by atoms with Crippen molar-refractivity contribution in [2.45, 2.75) is 13.8 Å². The van der Waals surface area contributed by atoms with Gasteiger partial charge >= 0.3 is 0 Å². The maximum absolute atomic E-state index is 3.80. The minimum atomic E-state index is 0.458. The van der Waals surface area contributed by atoms with Gasteiger partial charge in [-0.15, -0.1) is 10.2 Å².